The first-order valence-corrected chi connectivity index (χ1v) is 11.1. The molecule has 0 aliphatic carbocycles. The third kappa shape index (κ3) is 4.88. The number of anilines is 1. The summed E-state index contributed by atoms with van der Waals surface area (Å²) in [5.74, 6) is 0.516. The van der Waals surface area contributed by atoms with Crippen molar-refractivity contribution in [2.45, 2.75) is 26.3 Å². The summed E-state index contributed by atoms with van der Waals surface area (Å²) in [6, 6.07) is 15.3. The summed E-state index contributed by atoms with van der Waals surface area (Å²) in [5.41, 5.74) is 0.965. The maximum atomic E-state index is 13.2. The summed E-state index contributed by atoms with van der Waals surface area (Å²) in [6.45, 7) is 6.44. The number of piperazine rings is 1. The van der Waals surface area contributed by atoms with E-state index in [-0.39, 0.29) is 24.2 Å². The number of amides is 2. The molecule has 1 aliphatic heterocycles. The quantitative estimate of drug-likeness (QED) is 0.649. The third-order valence-electron chi connectivity index (χ3n) is 5.91. The van der Waals surface area contributed by atoms with Gasteiger partial charge in [0.05, 0.1) is 6.42 Å². The number of nitrogens with one attached hydrogen (secondary N) is 1. The lowest BCUT2D eigenvalue weighted by Gasteiger charge is -2.37. The number of carbonyl (C=O) groups is 2. The van der Waals surface area contributed by atoms with Gasteiger partial charge in [0.1, 0.15) is 6.04 Å². The Morgan fingerprint density at radius 1 is 0.938 bits per heavy atom. The van der Waals surface area contributed by atoms with E-state index in [1.807, 2.05) is 61.2 Å². The standard InChI is InChI=1S/C25H29N5O2/c1-18(2)23(24(32)29-13-15-30(16-14-29)25-26-11-6-12-27-25)28-22(31)17-20-9-5-8-19-7-3-4-10-21(19)20/h3-12,18,23H,13-17H2,1-2H3,(H,28,31). The Bertz CT molecular complexity index is 1070. The Kier molecular flexibility index (Phi) is 6.63. The normalized spacial score (nSPS) is 15.1. The van der Waals surface area contributed by atoms with E-state index in [0.29, 0.717) is 32.1 Å². The van der Waals surface area contributed by atoms with Crippen LogP contribution in [-0.2, 0) is 16.0 Å². The van der Waals surface area contributed by atoms with Gasteiger partial charge in [0.15, 0.2) is 0 Å². The first-order valence-electron chi connectivity index (χ1n) is 11.1. The van der Waals surface area contributed by atoms with Gasteiger partial charge in [0, 0.05) is 38.6 Å². The van der Waals surface area contributed by atoms with E-state index in [1.165, 1.54) is 0 Å². The molecule has 1 N–H and O–H groups in total. The molecule has 166 valence electrons. The molecule has 2 amide bonds. The molecular formula is C25H29N5O2. The molecule has 0 spiro atoms. The number of hydrogen-bond acceptors (Lipinski definition) is 5. The van der Waals surface area contributed by atoms with Gasteiger partial charge in [-0.25, -0.2) is 9.97 Å². The molecule has 2 heterocycles. The Morgan fingerprint density at radius 2 is 1.62 bits per heavy atom. The molecule has 4 rings (SSSR count). The van der Waals surface area contributed by atoms with Crippen molar-refractivity contribution in [1.82, 2.24) is 20.2 Å². The summed E-state index contributed by atoms with van der Waals surface area (Å²) in [7, 11) is 0. The summed E-state index contributed by atoms with van der Waals surface area (Å²) >= 11 is 0. The Balaban J connectivity index is 1.39. The van der Waals surface area contributed by atoms with E-state index >= 15 is 0 Å². The van der Waals surface area contributed by atoms with Crippen LogP contribution in [0.3, 0.4) is 0 Å². The van der Waals surface area contributed by atoms with E-state index < -0.39 is 6.04 Å². The van der Waals surface area contributed by atoms with Crippen LogP contribution < -0.4 is 10.2 Å². The van der Waals surface area contributed by atoms with E-state index in [9.17, 15) is 9.59 Å². The lowest BCUT2D eigenvalue weighted by Crippen LogP contribution is -2.56. The third-order valence-corrected chi connectivity index (χ3v) is 5.91. The summed E-state index contributed by atoms with van der Waals surface area (Å²) in [5, 5.41) is 5.17. The van der Waals surface area contributed by atoms with Crippen molar-refractivity contribution in [2.24, 2.45) is 5.92 Å². The highest BCUT2D eigenvalue weighted by Crippen LogP contribution is 2.19. The molecular weight excluding hydrogens is 402 g/mol. The van der Waals surface area contributed by atoms with Crippen molar-refractivity contribution in [3.8, 4) is 0 Å². The maximum absolute atomic E-state index is 13.2. The van der Waals surface area contributed by atoms with Crippen LogP contribution in [0.4, 0.5) is 5.95 Å². The SMILES string of the molecule is CC(C)C(NC(=O)Cc1cccc2ccccc12)C(=O)N1CCN(c2ncccn2)CC1. The zero-order valence-corrected chi connectivity index (χ0v) is 18.6. The highest BCUT2D eigenvalue weighted by Gasteiger charge is 2.31. The fraction of sp³-hybridized carbons (Fsp3) is 0.360. The van der Waals surface area contributed by atoms with Gasteiger partial charge in [-0.1, -0.05) is 56.3 Å². The number of hydrogen-bond donors (Lipinski definition) is 1. The molecule has 2 aromatic carbocycles. The lowest BCUT2D eigenvalue weighted by molar-refractivity contribution is -0.137. The van der Waals surface area contributed by atoms with Crippen LogP contribution in [-0.4, -0.2) is 58.9 Å². The Labute approximate surface area is 188 Å². The number of benzene rings is 2. The zero-order valence-electron chi connectivity index (χ0n) is 18.6. The van der Waals surface area contributed by atoms with Gasteiger partial charge < -0.3 is 15.1 Å². The summed E-state index contributed by atoms with van der Waals surface area (Å²) in [4.78, 5) is 38.6. The maximum Gasteiger partial charge on any atom is 0.245 e. The topological polar surface area (TPSA) is 78.4 Å². The van der Waals surface area contributed by atoms with Crippen molar-refractivity contribution in [2.75, 3.05) is 31.1 Å². The summed E-state index contributed by atoms with van der Waals surface area (Å²) in [6.07, 6.45) is 3.69. The molecule has 7 heteroatoms. The van der Waals surface area contributed by atoms with Crippen LogP contribution in [0, 0.1) is 5.92 Å². The smallest absolute Gasteiger partial charge is 0.245 e. The van der Waals surface area contributed by atoms with Gasteiger partial charge in [-0.15, -0.1) is 0 Å². The predicted octanol–water partition coefficient (Wildman–Crippen LogP) is 2.66. The molecule has 1 unspecified atom stereocenters. The molecule has 1 saturated heterocycles. The van der Waals surface area contributed by atoms with Gasteiger partial charge in [0.2, 0.25) is 17.8 Å². The molecule has 0 saturated carbocycles. The molecule has 0 radical (unpaired) electrons. The second-order valence-electron chi connectivity index (χ2n) is 8.47. The number of nitrogens with zero attached hydrogens (tertiary/aromatic N) is 4. The number of aromatic nitrogens is 2. The van der Waals surface area contributed by atoms with Crippen molar-refractivity contribution in [3.63, 3.8) is 0 Å². The molecule has 3 aromatic rings. The minimum Gasteiger partial charge on any atom is -0.344 e. The minimum absolute atomic E-state index is 0.00514. The largest absolute Gasteiger partial charge is 0.344 e. The van der Waals surface area contributed by atoms with E-state index in [4.69, 9.17) is 0 Å². The van der Waals surface area contributed by atoms with Crippen molar-refractivity contribution < 1.29 is 9.59 Å². The first kappa shape index (κ1) is 21.7. The molecule has 1 fully saturated rings. The van der Waals surface area contributed by atoms with Crippen molar-refractivity contribution in [1.29, 1.82) is 0 Å². The highest BCUT2D eigenvalue weighted by molar-refractivity contribution is 5.92. The van der Waals surface area contributed by atoms with Gasteiger partial charge in [-0.2, -0.15) is 0 Å². The number of carbonyl (C=O) groups excluding carboxylic acids is 2. The first-order chi connectivity index (χ1) is 15.5. The minimum atomic E-state index is -0.544. The monoisotopic (exact) mass is 431 g/mol. The van der Waals surface area contributed by atoms with Gasteiger partial charge in [0.25, 0.3) is 0 Å². The van der Waals surface area contributed by atoms with Crippen molar-refractivity contribution >= 4 is 28.5 Å². The fourth-order valence-corrected chi connectivity index (χ4v) is 4.14. The van der Waals surface area contributed by atoms with E-state index in [1.54, 1.807) is 18.5 Å². The van der Waals surface area contributed by atoms with E-state index in [2.05, 4.69) is 20.2 Å². The zero-order chi connectivity index (χ0) is 22.5. The van der Waals surface area contributed by atoms with Crippen molar-refractivity contribution in [3.05, 3.63) is 66.5 Å². The van der Waals surface area contributed by atoms with Crippen LogP contribution in [0.2, 0.25) is 0 Å². The van der Waals surface area contributed by atoms with E-state index in [0.717, 1.165) is 16.3 Å². The number of fused-ring (bicyclic) bond motifs is 1. The summed E-state index contributed by atoms with van der Waals surface area (Å²) < 4.78 is 0. The molecule has 1 atom stereocenters. The molecule has 1 aromatic heterocycles. The number of rotatable bonds is 6. The second kappa shape index (κ2) is 9.77. The highest BCUT2D eigenvalue weighted by atomic mass is 16.2. The predicted molar refractivity (Wildman–Crippen MR) is 125 cm³/mol. The molecule has 32 heavy (non-hydrogen) atoms. The second-order valence-corrected chi connectivity index (χ2v) is 8.47. The Morgan fingerprint density at radius 3 is 2.34 bits per heavy atom. The Hall–Kier alpha value is -3.48. The molecule has 7 nitrogen and oxygen atoms in total. The van der Waals surface area contributed by atoms with Gasteiger partial charge in [-0.05, 0) is 28.3 Å². The van der Waals surface area contributed by atoms with Crippen LogP contribution in [0.15, 0.2) is 60.9 Å². The van der Waals surface area contributed by atoms with Crippen LogP contribution in [0.25, 0.3) is 10.8 Å². The van der Waals surface area contributed by atoms with Gasteiger partial charge in [-0.3, -0.25) is 9.59 Å². The lowest BCUT2D eigenvalue weighted by atomic mass is 10.00. The van der Waals surface area contributed by atoms with Crippen LogP contribution in [0.5, 0.6) is 0 Å². The average Bonchev–Trinajstić information content (AvgIpc) is 2.83. The average molecular weight is 432 g/mol. The van der Waals surface area contributed by atoms with Gasteiger partial charge >= 0.3 is 0 Å². The molecule has 1 aliphatic rings. The van der Waals surface area contributed by atoms with Crippen LogP contribution in [0.1, 0.15) is 19.4 Å². The molecule has 0 bridgehead atoms. The van der Waals surface area contributed by atoms with Crippen LogP contribution >= 0.6 is 0 Å². The fourth-order valence-electron chi connectivity index (χ4n) is 4.14.